The molecular weight excluding hydrogens is 368 g/mol. The van der Waals surface area contributed by atoms with Crippen molar-refractivity contribution in [3.8, 4) is 17.2 Å². The first-order valence-electron chi connectivity index (χ1n) is 9.47. The number of nitrogens with one attached hydrogen (secondary N) is 1. The summed E-state index contributed by atoms with van der Waals surface area (Å²) < 4.78 is 16.8. The molecule has 0 spiro atoms. The number of hydrogen-bond donors (Lipinski definition) is 1. The highest BCUT2D eigenvalue weighted by atomic mass is 16.5. The van der Waals surface area contributed by atoms with E-state index in [9.17, 15) is 4.79 Å². The number of ether oxygens (including phenoxy) is 3. The van der Waals surface area contributed by atoms with E-state index in [0.29, 0.717) is 31.3 Å². The average Bonchev–Trinajstić information content (AvgIpc) is 2.77. The molecule has 0 bridgehead atoms. The number of rotatable bonds is 10. The molecule has 0 fully saturated rings. The first kappa shape index (κ1) is 20.2. The van der Waals surface area contributed by atoms with Crippen molar-refractivity contribution in [2.75, 3.05) is 13.2 Å². The fourth-order valence-electron chi connectivity index (χ4n) is 2.63. The highest BCUT2D eigenvalue weighted by Gasteiger charge is 2.07. The summed E-state index contributed by atoms with van der Waals surface area (Å²) in [6, 6.07) is 20.6. The second-order valence-electron chi connectivity index (χ2n) is 6.20. The maximum Gasteiger partial charge on any atom is 0.258 e. The fourth-order valence-corrected chi connectivity index (χ4v) is 2.63. The Morgan fingerprint density at radius 1 is 0.931 bits per heavy atom. The molecule has 0 unspecified atom stereocenters. The van der Waals surface area contributed by atoms with Gasteiger partial charge in [0.2, 0.25) is 0 Å². The van der Waals surface area contributed by atoms with E-state index < -0.39 is 0 Å². The van der Waals surface area contributed by atoms with Crippen LogP contribution in [0.15, 0.2) is 72.9 Å². The summed E-state index contributed by atoms with van der Waals surface area (Å²) in [7, 11) is 0. The molecule has 29 heavy (non-hydrogen) atoms. The summed E-state index contributed by atoms with van der Waals surface area (Å²) in [5, 5.41) is 2.85. The number of amides is 1. The fraction of sp³-hybridized carbons (Fsp3) is 0.217. The lowest BCUT2D eigenvalue weighted by Crippen LogP contribution is -2.28. The Hall–Kier alpha value is -3.54. The highest BCUT2D eigenvalue weighted by molar-refractivity contribution is 5.77. The van der Waals surface area contributed by atoms with Crippen LogP contribution in [0.25, 0.3) is 0 Å². The molecule has 1 aromatic heterocycles. The molecule has 2 aromatic carbocycles. The van der Waals surface area contributed by atoms with Gasteiger partial charge in [0.1, 0.15) is 12.4 Å². The molecule has 0 aliphatic heterocycles. The molecule has 0 saturated heterocycles. The average molecular weight is 392 g/mol. The summed E-state index contributed by atoms with van der Waals surface area (Å²) in [4.78, 5) is 16.4. The minimum atomic E-state index is -0.212. The molecule has 6 nitrogen and oxygen atoms in total. The van der Waals surface area contributed by atoms with Crippen LogP contribution < -0.4 is 19.5 Å². The molecule has 1 N–H and O–H groups in total. The van der Waals surface area contributed by atoms with E-state index >= 15 is 0 Å². The number of carbonyl (C=O) groups is 1. The van der Waals surface area contributed by atoms with Crippen molar-refractivity contribution in [2.45, 2.75) is 20.1 Å². The summed E-state index contributed by atoms with van der Waals surface area (Å²) in [6.45, 7) is 3.13. The van der Waals surface area contributed by atoms with Crippen molar-refractivity contribution in [1.29, 1.82) is 0 Å². The Morgan fingerprint density at radius 3 is 2.48 bits per heavy atom. The van der Waals surface area contributed by atoms with E-state index in [1.165, 1.54) is 0 Å². The number of benzene rings is 2. The van der Waals surface area contributed by atoms with Gasteiger partial charge >= 0.3 is 0 Å². The smallest absolute Gasteiger partial charge is 0.258 e. The molecule has 6 heteroatoms. The third-order valence-electron chi connectivity index (χ3n) is 4.01. The van der Waals surface area contributed by atoms with Crippen LogP contribution in [0.3, 0.4) is 0 Å². The van der Waals surface area contributed by atoms with Gasteiger partial charge in [-0.2, -0.15) is 0 Å². The van der Waals surface area contributed by atoms with Crippen LogP contribution in [-0.2, 0) is 17.9 Å². The SMILES string of the molecule is CCOc1ccccc1OCC(=O)NCc1cccc(OCc2ccccn2)c1. The predicted molar refractivity (Wildman–Crippen MR) is 110 cm³/mol. The van der Waals surface area contributed by atoms with Crippen LogP contribution in [0.2, 0.25) is 0 Å². The van der Waals surface area contributed by atoms with Gasteiger partial charge in [-0.3, -0.25) is 9.78 Å². The standard InChI is InChI=1S/C23H24N2O4/c1-2-27-21-11-3-4-12-22(21)29-17-23(26)25-15-18-8-7-10-20(14-18)28-16-19-9-5-6-13-24-19/h3-14H,2,15-17H2,1H3,(H,25,26). The maximum absolute atomic E-state index is 12.1. The molecule has 1 amide bonds. The van der Waals surface area contributed by atoms with Gasteiger partial charge in [0, 0.05) is 12.7 Å². The van der Waals surface area contributed by atoms with Crippen molar-refractivity contribution in [3.63, 3.8) is 0 Å². The Morgan fingerprint density at radius 2 is 1.72 bits per heavy atom. The van der Waals surface area contributed by atoms with E-state index in [0.717, 1.165) is 17.0 Å². The van der Waals surface area contributed by atoms with Crippen molar-refractivity contribution >= 4 is 5.91 Å². The molecule has 150 valence electrons. The molecule has 0 atom stereocenters. The first-order chi connectivity index (χ1) is 14.2. The number of para-hydroxylation sites is 2. The Balaban J connectivity index is 1.46. The van der Waals surface area contributed by atoms with Gasteiger partial charge in [0.25, 0.3) is 5.91 Å². The summed E-state index contributed by atoms with van der Waals surface area (Å²) in [6.07, 6.45) is 1.74. The van der Waals surface area contributed by atoms with Crippen LogP contribution in [-0.4, -0.2) is 24.1 Å². The molecule has 0 aliphatic carbocycles. The molecule has 3 rings (SSSR count). The van der Waals surface area contributed by atoms with E-state index in [2.05, 4.69) is 10.3 Å². The minimum absolute atomic E-state index is 0.0834. The van der Waals surface area contributed by atoms with Gasteiger partial charge in [-0.05, 0) is 48.9 Å². The quantitative estimate of drug-likeness (QED) is 0.569. The van der Waals surface area contributed by atoms with E-state index in [-0.39, 0.29) is 12.5 Å². The topological polar surface area (TPSA) is 69.7 Å². The Labute approximate surface area is 170 Å². The maximum atomic E-state index is 12.1. The highest BCUT2D eigenvalue weighted by Crippen LogP contribution is 2.26. The van der Waals surface area contributed by atoms with Crippen LogP contribution in [0.4, 0.5) is 0 Å². The van der Waals surface area contributed by atoms with Gasteiger partial charge in [0.15, 0.2) is 18.1 Å². The molecule has 0 radical (unpaired) electrons. The van der Waals surface area contributed by atoms with Gasteiger partial charge in [-0.15, -0.1) is 0 Å². The lowest BCUT2D eigenvalue weighted by atomic mass is 10.2. The third kappa shape index (κ3) is 6.53. The lowest BCUT2D eigenvalue weighted by molar-refractivity contribution is -0.123. The van der Waals surface area contributed by atoms with Gasteiger partial charge < -0.3 is 19.5 Å². The first-order valence-corrected chi connectivity index (χ1v) is 9.47. The van der Waals surface area contributed by atoms with Crippen LogP contribution >= 0.6 is 0 Å². The third-order valence-corrected chi connectivity index (χ3v) is 4.01. The Bertz CT molecular complexity index is 916. The molecule has 1 heterocycles. The van der Waals surface area contributed by atoms with E-state index in [1.54, 1.807) is 12.3 Å². The number of nitrogens with zero attached hydrogens (tertiary/aromatic N) is 1. The number of aromatic nitrogens is 1. The zero-order chi connectivity index (χ0) is 20.3. The number of hydrogen-bond acceptors (Lipinski definition) is 5. The van der Waals surface area contributed by atoms with Gasteiger partial charge in [-0.1, -0.05) is 30.3 Å². The van der Waals surface area contributed by atoms with Crippen molar-refractivity contribution < 1.29 is 19.0 Å². The zero-order valence-corrected chi connectivity index (χ0v) is 16.3. The molecular formula is C23H24N2O4. The van der Waals surface area contributed by atoms with Crippen LogP contribution in [0, 0.1) is 0 Å². The second kappa shape index (κ2) is 10.7. The Kier molecular flexibility index (Phi) is 7.46. The normalized spacial score (nSPS) is 10.2. The predicted octanol–water partition coefficient (Wildman–Crippen LogP) is 3.75. The minimum Gasteiger partial charge on any atom is -0.490 e. The van der Waals surface area contributed by atoms with Crippen LogP contribution in [0.1, 0.15) is 18.2 Å². The van der Waals surface area contributed by atoms with Gasteiger partial charge in [0.05, 0.1) is 12.3 Å². The summed E-state index contributed by atoms with van der Waals surface area (Å²) >= 11 is 0. The van der Waals surface area contributed by atoms with Crippen LogP contribution in [0.5, 0.6) is 17.2 Å². The van der Waals surface area contributed by atoms with Crippen molar-refractivity contribution in [2.24, 2.45) is 0 Å². The second-order valence-corrected chi connectivity index (χ2v) is 6.20. The molecule has 0 aliphatic rings. The summed E-state index contributed by atoms with van der Waals surface area (Å²) in [5.41, 5.74) is 1.79. The largest absolute Gasteiger partial charge is 0.490 e. The number of pyridine rings is 1. The van der Waals surface area contributed by atoms with Crippen molar-refractivity contribution in [3.05, 3.63) is 84.2 Å². The van der Waals surface area contributed by atoms with Gasteiger partial charge in [-0.25, -0.2) is 0 Å². The molecule has 0 saturated carbocycles. The zero-order valence-electron chi connectivity index (χ0n) is 16.3. The number of carbonyl (C=O) groups excluding carboxylic acids is 1. The monoisotopic (exact) mass is 392 g/mol. The summed E-state index contributed by atoms with van der Waals surface area (Å²) in [5.74, 6) is 1.69. The van der Waals surface area contributed by atoms with E-state index in [1.807, 2.05) is 67.6 Å². The van der Waals surface area contributed by atoms with Crippen molar-refractivity contribution in [1.82, 2.24) is 10.3 Å². The van der Waals surface area contributed by atoms with E-state index in [4.69, 9.17) is 14.2 Å². The molecule has 3 aromatic rings. The lowest BCUT2D eigenvalue weighted by Gasteiger charge is -2.12.